The molecule has 1 atom stereocenters. The molecule has 0 bridgehead atoms. The number of ether oxygens (including phenoxy) is 1. The van der Waals surface area contributed by atoms with Crippen molar-refractivity contribution in [3.63, 3.8) is 0 Å². The van der Waals surface area contributed by atoms with Gasteiger partial charge in [0.1, 0.15) is 11.4 Å². The van der Waals surface area contributed by atoms with Crippen LogP contribution in [0.4, 0.5) is 10.6 Å². The number of likely N-dealkylation sites (tertiary alicyclic amines) is 1. The van der Waals surface area contributed by atoms with E-state index in [1.807, 2.05) is 33.0 Å². The number of amides is 1. The number of rotatable bonds is 3. The Balaban J connectivity index is 2.07. The minimum absolute atomic E-state index is 0.385. The molecule has 0 spiro atoms. The van der Waals surface area contributed by atoms with Gasteiger partial charge in [0.05, 0.1) is 0 Å². The zero-order valence-electron chi connectivity index (χ0n) is 14.3. The van der Waals surface area contributed by atoms with E-state index >= 15 is 0 Å². The Morgan fingerprint density at radius 2 is 2.18 bits per heavy atom. The summed E-state index contributed by atoms with van der Waals surface area (Å²) in [5.41, 5.74) is 0.720. The highest BCUT2D eigenvalue weighted by Crippen LogP contribution is 2.31. The van der Waals surface area contributed by atoms with Crippen molar-refractivity contribution < 1.29 is 9.53 Å². The average molecular weight is 305 g/mol. The molecule has 5 heteroatoms. The Kier molecular flexibility index (Phi) is 5.06. The summed E-state index contributed by atoms with van der Waals surface area (Å²) in [6, 6.07) is 4.42. The first kappa shape index (κ1) is 16.7. The lowest BCUT2D eigenvalue weighted by Crippen LogP contribution is -2.34. The lowest BCUT2D eigenvalue weighted by atomic mass is 10.1. The molecule has 2 rings (SSSR count). The first-order chi connectivity index (χ1) is 10.3. The summed E-state index contributed by atoms with van der Waals surface area (Å²) in [4.78, 5) is 20.4. The quantitative estimate of drug-likeness (QED) is 0.856. The maximum absolute atomic E-state index is 12.1. The molecule has 5 nitrogen and oxygen atoms in total. The van der Waals surface area contributed by atoms with Gasteiger partial charge in [-0.3, -0.25) is 9.80 Å². The van der Waals surface area contributed by atoms with Gasteiger partial charge >= 0.3 is 6.09 Å². The summed E-state index contributed by atoms with van der Waals surface area (Å²) in [5, 5.41) is 0. The molecule has 1 saturated heterocycles. The van der Waals surface area contributed by atoms with Crippen LogP contribution in [0.1, 0.15) is 52.1 Å². The molecule has 1 aromatic heterocycles. The highest BCUT2D eigenvalue weighted by atomic mass is 16.6. The second kappa shape index (κ2) is 6.65. The van der Waals surface area contributed by atoms with E-state index in [9.17, 15) is 4.79 Å². The van der Waals surface area contributed by atoms with Crippen molar-refractivity contribution in [2.75, 3.05) is 25.0 Å². The molecular formula is C17H27N3O2. The van der Waals surface area contributed by atoms with E-state index in [4.69, 9.17) is 4.74 Å². The molecule has 0 unspecified atom stereocenters. The van der Waals surface area contributed by atoms with Gasteiger partial charge in [-0.15, -0.1) is 0 Å². The molecule has 2 heterocycles. The van der Waals surface area contributed by atoms with Crippen LogP contribution in [0.3, 0.4) is 0 Å². The van der Waals surface area contributed by atoms with Crippen LogP contribution < -0.4 is 4.90 Å². The van der Waals surface area contributed by atoms with Gasteiger partial charge in [-0.25, -0.2) is 9.78 Å². The third-order valence-corrected chi connectivity index (χ3v) is 3.94. The fraction of sp³-hybridized carbons (Fsp3) is 0.647. The third kappa shape index (κ3) is 3.97. The summed E-state index contributed by atoms with van der Waals surface area (Å²) in [6.45, 7) is 9.97. The van der Waals surface area contributed by atoms with Crippen molar-refractivity contribution in [3.05, 3.63) is 23.9 Å². The SMILES string of the molecule is CCN1CCC[C@@H]1c1ccc(N(C)C(=O)OC(C)(C)C)nc1. The van der Waals surface area contributed by atoms with E-state index in [1.54, 1.807) is 7.05 Å². The molecule has 0 N–H and O–H groups in total. The van der Waals surface area contributed by atoms with Crippen LogP contribution in [0.25, 0.3) is 0 Å². The molecule has 0 aromatic carbocycles. The molecule has 0 saturated carbocycles. The number of hydrogen-bond donors (Lipinski definition) is 0. The second-order valence-corrected chi connectivity index (χ2v) is 6.78. The van der Waals surface area contributed by atoms with Crippen molar-refractivity contribution in [2.45, 2.75) is 52.2 Å². The van der Waals surface area contributed by atoms with E-state index < -0.39 is 5.60 Å². The van der Waals surface area contributed by atoms with Crippen molar-refractivity contribution in [3.8, 4) is 0 Å². The van der Waals surface area contributed by atoms with Crippen LogP contribution in [-0.2, 0) is 4.74 Å². The average Bonchev–Trinajstić information content (AvgIpc) is 2.93. The highest BCUT2D eigenvalue weighted by molar-refractivity contribution is 5.85. The number of pyridine rings is 1. The molecule has 1 amide bonds. The molecular weight excluding hydrogens is 278 g/mol. The number of carbonyl (C=O) groups is 1. The summed E-state index contributed by atoms with van der Waals surface area (Å²) in [6.07, 6.45) is 3.91. The van der Waals surface area contributed by atoms with Crippen LogP contribution >= 0.6 is 0 Å². The Hall–Kier alpha value is -1.62. The van der Waals surface area contributed by atoms with Crippen LogP contribution in [0.15, 0.2) is 18.3 Å². The standard InChI is InChI=1S/C17H27N3O2/c1-6-20-11-7-8-14(20)13-9-10-15(18-12-13)19(5)16(21)22-17(2,3)4/h9-10,12,14H,6-8,11H2,1-5H3/t14-/m1/s1. The fourth-order valence-corrected chi connectivity index (χ4v) is 2.80. The van der Waals surface area contributed by atoms with Crippen molar-refractivity contribution in [1.29, 1.82) is 0 Å². The van der Waals surface area contributed by atoms with Crippen LogP contribution in [0.2, 0.25) is 0 Å². The molecule has 1 fully saturated rings. The zero-order chi connectivity index (χ0) is 16.3. The van der Waals surface area contributed by atoms with Crippen LogP contribution in [0.5, 0.6) is 0 Å². The first-order valence-electron chi connectivity index (χ1n) is 7.98. The summed E-state index contributed by atoms with van der Waals surface area (Å²) >= 11 is 0. The van der Waals surface area contributed by atoms with Gasteiger partial charge in [0, 0.05) is 19.3 Å². The topological polar surface area (TPSA) is 45.7 Å². The number of hydrogen-bond acceptors (Lipinski definition) is 4. The lowest BCUT2D eigenvalue weighted by Gasteiger charge is -2.25. The molecule has 1 aliphatic heterocycles. The number of anilines is 1. The Labute approximate surface area is 133 Å². The van der Waals surface area contributed by atoms with E-state index in [0.717, 1.165) is 13.1 Å². The predicted octanol–water partition coefficient (Wildman–Crippen LogP) is 3.61. The molecule has 0 aliphatic carbocycles. The Bertz CT molecular complexity index is 508. The van der Waals surface area contributed by atoms with Crippen LogP contribution in [-0.4, -0.2) is 41.7 Å². The largest absolute Gasteiger partial charge is 0.443 e. The van der Waals surface area contributed by atoms with Gasteiger partial charge in [0.25, 0.3) is 0 Å². The van der Waals surface area contributed by atoms with E-state index in [1.165, 1.54) is 23.3 Å². The van der Waals surface area contributed by atoms with Gasteiger partial charge in [-0.05, 0) is 58.3 Å². The third-order valence-electron chi connectivity index (χ3n) is 3.94. The van der Waals surface area contributed by atoms with Gasteiger partial charge in [-0.2, -0.15) is 0 Å². The molecule has 1 aromatic rings. The van der Waals surface area contributed by atoms with Crippen molar-refractivity contribution in [2.24, 2.45) is 0 Å². The maximum Gasteiger partial charge on any atom is 0.415 e. The monoisotopic (exact) mass is 305 g/mol. The number of nitrogens with zero attached hydrogens (tertiary/aromatic N) is 3. The summed E-state index contributed by atoms with van der Waals surface area (Å²) in [5.74, 6) is 0.610. The van der Waals surface area contributed by atoms with Gasteiger partial charge < -0.3 is 4.74 Å². The lowest BCUT2D eigenvalue weighted by molar-refractivity contribution is 0.0588. The molecule has 0 radical (unpaired) electrons. The maximum atomic E-state index is 12.1. The Morgan fingerprint density at radius 3 is 2.73 bits per heavy atom. The molecule has 122 valence electrons. The summed E-state index contributed by atoms with van der Waals surface area (Å²) < 4.78 is 5.36. The minimum Gasteiger partial charge on any atom is -0.443 e. The fourth-order valence-electron chi connectivity index (χ4n) is 2.80. The summed E-state index contributed by atoms with van der Waals surface area (Å²) in [7, 11) is 1.68. The smallest absolute Gasteiger partial charge is 0.415 e. The second-order valence-electron chi connectivity index (χ2n) is 6.78. The van der Waals surface area contributed by atoms with Gasteiger partial charge in [0.15, 0.2) is 0 Å². The van der Waals surface area contributed by atoms with Crippen LogP contribution in [0, 0.1) is 0 Å². The number of aromatic nitrogens is 1. The first-order valence-corrected chi connectivity index (χ1v) is 7.98. The van der Waals surface area contributed by atoms with Gasteiger partial charge in [-0.1, -0.05) is 13.0 Å². The van der Waals surface area contributed by atoms with E-state index in [-0.39, 0.29) is 6.09 Å². The zero-order valence-corrected chi connectivity index (χ0v) is 14.3. The number of carbonyl (C=O) groups excluding carboxylic acids is 1. The molecule has 22 heavy (non-hydrogen) atoms. The van der Waals surface area contributed by atoms with E-state index in [2.05, 4.69) is 22.9 Å². The normalized spacial score (nSPS) is 19.2. The predicted molar refractivity (Wildman–Crippen MR) is 88.1 cm³/mol. The van der Waals surface area contributed by atoms with Crippen molar-refractivity contribution in [1.82, 2.24) is 9.88 Å². The molecule has 1 aliphatic rings. The minimum atomic E-state index is -0.503. The van der Waals surface area contributed by atoms with Crippen molar-refractivity contribution >= 4 is 11.9 Å². The Morgan fingerprint density at radius 1 is 1.45 bits per heavy atom. The highest BCUT2D eigenvalue weighted by Gasteiger charge is 2.25. The van der Waals surface area contributed by atoms with Gasteiger partial charge in [0.2, 0.25) is 0 Å². The van der Waals surface area contributed by atoms with E-state index in [0.29, 0.717) is 11.9 Å².